The Labute approximate surface area is 200 Å². The van der Waals surface area contributed by atoms with Crippen molar-refractivity contribution in [3.63, 3.8) is 0 Å². The molecule has 1 saturated heterocycles. The van der Waals surface area contributed by atoms with E-state index in [1.807, 2.05) is 31.2 Å². The minimum Gasteiger partial charge on any atom is -0.404 e. The minimum absolute atomic E-state index is 0.104. The number of halogens is 3. The van der Waals surface area contributed by atoms with Gasteiger partial charge in [-0.2, -0.15) is 13.2 Å². The van der Waals surface area contributed by atoms with E-state index in [4.69, 9.17) is 16.2 Å². The molecule has 1 amide bonds. The number of aliphatic hydroxyl groups is 1. The molecule has 2 heterocycles. The molecule has 0 aromatic heterocycles. The summed E-state index contributed by atoms with van der Waals surface area (Å²) in [5.41, 5.74) is 13.4. The molecule has 0 spiro atoms. The van der Waals surface area contributed by atoms with Crippen molar-refractivity contribution in [2.45, 2.75) is 31.7 Å². The van der Waals surface area contributed by atoms with Crippen LogP contribution in [0.2, 0.25) is 0 Å². The zero-order valence-electron chi connectivity index (χ0n) is 19.1. The average Bonchev–Trinajstić information content (AvgIpc) is 2.82. The molecule has 0 bridgehead atoms. The number of ether oxygens (including phenoxy) is 1. The van der Waals surface area contributed by atoms with Crippen molar-refractivity contribution in [2.75, 3.05) is 30.0 Å². The number of alkyl halides is 3. The first kappa shape index (κ1) is 24.6. The highest BCUT2D eigenvalue weighted by atomic mass is 19.4. The summed E-state index contributed by atoms with van der Waals surface area (Å²) in [6.07, 6.45) is -3.47. The van der Waals surface area contributed by atoms with Gasteiger partial charge in [0.1, 0.15) is 5.70 Å². The van der Waals surface area contributed by atoms with Crippen LogP contribution in [0.15, 0.2) is 59.9 Å². The summed E-state index contributed by atoms with van der Waals surface area (Å²) in [6, 6.07) is 11.1. The standard InChI is InChI=1S/C25H27F3N4O3/c1-14-2-4-17(31-24(34)16(12-29)9-23(30)25(26,27)28)10-20(14)15-3-5-19-21(8-15)32-6-7-35-13-18(32)11-22(19)33/h2-5,8-10,12,18,22,33H,6-7,11,13,29-30H2,1H3,(H,31,34)/b16-12+,23-9-. The maximum atomic E-state index is 12.8. The number of hydrogen-bond acceptors (Lipinski definition) is 6. The van der Waals surface area contributed by atoms with Crippen LogP contribution < -0.4 is 21.7 Å². The van der Waals surface area contributed by atoms with Crippen molar-refractivity contribution in [1.29, 1.82) is 0 Å². The van der Waals surface area contributed by atoms with Crippen LogP contribution in [0.25, 0.3) is 11.1 Å². The summed E-state index contributed by atoms with van der Waals surface area (Å²) in [6.45, 7) is 3.82. The lowest BCUT2D eigenvalue weighted by Gasteiger charge is -2.43. The number of fused-ring (bicyclic) bond motifs is 3. The lowest BCUT2D eigenvalue weighted by Crippen LogP contribution is -2.49. The van der Waals surface area contributed by atoms with Gasteiger partial charge in [-0.05, 0) is 47.9 Å². The first-order valence-electron chi connectivity index (χ1n) is 11.1. The van der Waals surface area contributed by atoms with Gasteiger partial charge in [-0.3, -0.25) is 4.79 Å². The topological polar surface area (TPSA) is 114 Å². The molecule has 1 fully saturated rings. The lowest BCUT2D eigenvalue weighted by atomic mass is 9.89. The average molecular weight is 489 g/mol. The van der Waals surface area contributed by atoms with Crippen LogP contribution in [0.5, 0.6) is 0 Å². The van der Waals surface area contributed by atoms with Gasteiger partial charge in [0.15, 0.2) is 0 Å². The fraction of sp³-hybridized carbons (Fsp3) is 0.320. The minimum atomic E-state index is -4.77. The van der Waals surface area contributed by atoms with Gasteiger partial charge in [-0.1, -0.05) is 18.2 Å². The Hall–Kier alpha value is -3.50. The largest absolute Gasteiger partial charge is 0.430 e. The van der Waals surface area contributed by atoms with E-state index in [2.05, 4.69) is 10.2 Å². The number of anilines is 2. The van der Waals surface area contributed by atoms with E-state index in [0.29, 0.717) is 31.4 Å². The third-order valence-electron chi connectivity index (χ3n) is 6.31. The van der Waals surface area contributed by atoms with Gasteiger partial charge in [0.2, 0.25) is 0 Å². The Morgan fingerprint density at radius 1 is 1.26 bits per heavy atom. The van der Waals surface area contributed by atoms with Crippen LogP contribution in [-0.4, -0.2) is 43.0 Å². The van der Waals surface area contributed by atoms with Crippen LogP contribution in [-0.2, 0) is 9.53 Å². The number of carbonyl (C=O) groups is 1. The van der Waals surface area contributed by atoms with Gasteiger partial charge in [0, 0.05) is 36.1 Å². The van der Waals surface area contributed by atoms with Crippen molar-refractivity contribution in [1.82, 2.24) is 0 Å². The molecule has 2 aliphatic heterocycles. The van der Waals surface area contributed by atoms with Gasteiger partial charge in [-0.15, -0.1) is 0 Å². The first-order chi connectivity index (χ1) is 16.6. The zero-order valence-corrected chi connectivity index (χ0v) is 19.1. The summed E-state index contributed by atoms with van der Waals surface area (Å²) >= 11 is 0. The molecule has 186 valence electrons. The summed E-state index contributed by atoms with van der Waals surface area (Å²) in [4.78, 5) is 14.8. The highest BCUT2D eigenvalue weighted by molar-refractivity contribution is 6.06. The van der Waals surface area contributed by atoms with Crippen molar-refractivity contribution >= 4 is 17.3 Å². The van der Waals surface area contributed by atoms with Gasteiger partial charge in [0.05, 0.1) is 30.9 Å². The summed E-state index contributed by atoms with van der Waals surface area (Å²) in [5, 5.41) is 13.2. The highest BCUT2D eigenvalue weighted by Crippen LogP contribution is 2.41. The fourth-order valence-electron chi connectivity index (χ4n) is 4.45. The monoisotopic (exact) mass is 488 g/mol. The number of hydrogen-bond donors (Lipinski definition) is 4. The van der Waals surface area contributed by atoms with E-state index >= 15 is 0 Å². The lowest BCUT2D eigenvalue weighted by molar-refractivity contribution is -0.112. The third kappa shape index (κ3) is 5.13. The van der Waals surface area contributed by atoms with E-state index in [-0.39, 0.29) is 6.04 Å². The van der Waals surface area contributed by atoms with Gasteiger partial charge in [-0.25, -0.2) is 0 Å². The molecule has 2 aromatic carbocycles. The molecular weight excluding hydrogens is 461 g/mol. The van der Waals surface area contributed by atoms with Gasteiger partial charge in [0.25, 0.3) is 5.91 Å². The van der Waals surface area contributed by atoms with Crippen molar-refractivity contribution in [3.8, 4) is 11.1 Å². The van der Waals surface area contributed by atoms with Gasteiger partial charge >= 0.3 is 6.18 Å². The van der Waals surface area contributed by atoms with E-state index < -0.39 is 29.5 Å². The third-order valence-corrected chi connectivity index (χ3v) is 6.31. The Morgan fingerprint density at radius 2 is 2.03 bits per heavy atom. The van der Waals surface area contributed by atoms with Crippen LogP contribution in [0.1, 0.15) is 23.7 Å². The number of aliphatic hydroxyl groups excluding tert-OH is 1. The molecular formula is C25H27F3N4O3. The predicted octanol–water partition coefficient (Wildman–Crippen LogP) is 3.49. The normalized spacial score (nSPS) is 20.8. The molecule has 2 aliphatic rings. The van der Waals surface area contributed by atoms with Gasteiger partial charge < -0.3 is 31.5 Å². The van der Waals surface area contributed by atoms with Crippen molar-refractivity contribution < 1.29 is 27.8 Å². The Bertz CT molecular complexity index is 1190. The van der Waals surface area contributed by atoms with Crippen LogP contribution in [0, 0.1) is 6.92 Å². The highest BCUT2D eigenvalue weighted by Gasteiger charge is 2.34. The number of allylic oxidation sites excluding steroid dienone is 1. The smallest absolute Gasteiger partial charge is 0.404 e. The maximum absolute atomic E-state index is 12.8. The molecule has 35 heavy (non-hydrogen) atoms. The molecule has 2 atom stereocenters. The second-order valence-corrected chi connectivity index (χ2v) is 8.65. The number of nitrogens with zero attached hydrogens (tertiary/aromatic N) is 1. The number of nitrogens with two attached hydrogens (primary N) is 2. The van der Waals surface area contributed by atoms with E-state index in [1.54, 1.807) is 12.1 Å². The first-order valence-corrected chi connectivity index (χ1v) is 11.1. The summed E-state index contributed by atoms with van der Waals surface area (Å²) in [7, 11) is 0. The number of carbonyl (C=O) groups excluding carboxylic acids is 1. The Morgan fingerprint density at radius 3 is 2.74 bits per heavy atom. The van der Waals surface area contributed by atoms with Crippen LogP contribution in [0.3, 0.4) is 0 Å². The Balaban J connectivity index is 1.63. The van der Waals surface area contributed by atoms with Crippen molar-refractivity contribution in [2.24, 2.45) is 11.5 Å². The molecule has 6 N–H and O–H groups in total. The maximum Gasteiger partial charge on any atom is 0.430 e. The van der Waals surface area contributed by atoms with E-state index in [9.17, 15) is 23.1 Å². The zero-order chi connectivity index (χ0) is 25.3. The quantitative estimate of drug-likeness (QED) is 0.387. The van der Waals surface area contributed by atoms with E-state index in [1.165, 1.54) is 0 Å². The molecule has 10 heteroatoms. The van der Waals surface area contributed by atoms with Crippen LogP contribution in [0.4, 0.5) is 24.5 Å². The molecule has 2 aromatic rings. The predicted molar refractivity (Wildman–Crippen MR) is 127 cm³/mol. The molecule has 4 rings (SSSR count). The Kier molecular flexibility index (Phi) is 6.77. The molecule has 0 radical (unpaired) electrons. The summed E-state index contributed by atoms with van der Waals surface area (Å²) in [5.74, 6) is -0.820. The van der Waals surface area contributed by atoms with Crippen molar-refractivity contribution in [3.05, 3.63) is 71.1 Å². The molecule has 7 nitrogen and oxygen atoms in total. The second-order valence-electron chi connectivity index (χ2n) is 8.65. The fourth-order valence-corrected chi connectivity index (χ4v) is 4.45. The number of amides is 1. The molecule has 0 saturated carbocycles. The van der Waals surface area contributed by atoms with Crippen LogP contribution >= 0.6 is 0 Å². The number of aryl methyl sites for hydroxylation is 1. The number of rotatable bonds is 4. The number of benzene rings is 2. The number of nitrogens with one attached hydrogen (secondary N) is 1. The van der Waals surface area contributed by atoms with E-state index in [0.717, 1.165) is 40.7 Å². The summed E-state index contributed by atoms with van der Waals surface area (Å²) < 4.78 is 43.8. The SMILES string of the molecule is Cc1ccc(NC(=O)C(/C=C(\N)C(F)(F)F)=C/N)cc1-c1ccc2c(c1)N1CCOCC1CC2O. The number of morpholine rings is 1. The second kappa shape index (κ2) is 9.63. The molecule has 2 unspecified atom stereocenters. The molecule has 0 aliphatic carbocycles.